The Morgan fingerprint density at radius 2 is 2.00 bits per heavy atom. The van der Waals surface area contributed by atoms with Crippen molar-refractivity contribution in [2.45, 2.75) is 11.0 Å². The smallest absolute Gasteiger partial charge is 0.241 e. The number of benzene rings is 1. The van der Waals surface area contributed by atoms with Crippen LogP contribution in [0, 0.1) is 0 Å². The molecule has 0 radical (unpaired) electrons. The lowest BCUT2D eigenvalue weighted by Gasteiger charge is -2.11. The third-order valence-corrected chi connectivity index (χ3v) is 4.80. The maximum absolute atomic E-state index is 11.8. The van der Waals surface area contributed by atoms with E-state index in [1.165, 1.54) is 6.07 Å². The summed E-state index contributed by atoms with van der Waals surface area (Å²) in [5.41, 5.74) is 0. The minimum absolute atomic E-state index is 0.0749. The Bertz CT molecular complexity index is 492. The Hall–Kier alpha value is 0.01000. The molecule has 1 unspecified atom stereocenters. The topological polar surface area (TPSA) is 86.6 Å². The highest BCUT2D eigenvalue weighted by Gasteiger charge is 2.18. The zero-order chi connectivity index (χ0) is 13.1. The third kappa shape index (κ3) is 4.31. The van der Waals surface area contributed by atoms with E-state index in [-0.39, 0.29) is 11.4 Å². The van der Waals surface area contributed by atoms with Crippen LogP contribution in [0.3, 0.4) is 0 Å². The van der Waals surface area contributed by atoms with Gasteiger partial charge in [-0.25, -0.2) is 13.1 Å². The van der Waals surface area contributed by atoms with Crippen molar-refractivity contribution in [2.75, 3.05) is 13.2 Å². The number of nitrogens with one attached hydrogen (secondary N) is 1. The summed E-state index contributed by atoms with van der Waals surface area (Å²) in [5, 5.41) is 17.7. The summed E-state index contributed by atoms with van der Waals surface area (Å²) in [6.07, 6.45) is -1.11. The summed E-state index contributed by atoms with van der Waals surface area (Å²) in [4.78, 5) is 0.0749. The van der Waals surface area contributed by atoms with Gasteiger partial charge in [0.05, 0.1) is 17.6 Å². The second-order valence-corrected chi connectivity index (χ2v) is 6.77. The molecule has 0 saturated heterocycles. The molecule has 3 N–H and O–H groups in total. The molecule has 0 amide bonds. The Labute approximate surface area is 116 Å². The average molecular weight is 389 g/mol. The molecule has 1 aromatic carbocycles. The fourth-order valence-electron chi connectivity index (χ4n) is 1.04. The number of sulfonamides is 1. The zero-order valence-corrected chi connectivity index (χ0v) is 12.6. The van der Waals surface area contributed by atoms with Crippen LogP contribution in [0.4, 0.5) is 0 Å². The van der Waals surface area contributed by atoms with Gasteiger partial charge in [-0.05, 0) is 34.1 Å². The number of aliphatic hydroxyl groups excluding tert-OH is 2. The van der Waals surface area contributed by atoms with Crippen LogP contribution in [0.2, 0.25) is 0 Å². The number of halogens is 2. The predicted molar refractivity (Wildman–Crippen MR) is 70.1 cm³/mol. The zero-order valence-electron chi connectivity index (χ0n) is 8.60. The second kappa shape index (κ2) is 6.26. The first-order valence-electron chi connectivity index (χ1n) is 4.60. The first kappa shape index (κ1) is 15.1. The number of rotatable bonds is 5. The number of aliphatic hydroxyl groups is 2. The SMILES string of the molecule is O=S(=O)(NCC(O)CO)c1ccc(Br)cc1Br. The van der Waals surface area contributed by atoms with E-state index in [1.54, 1.807) is 12.1 Å². The monoisotopic (exact) mass is 387 g/mol. The summed E-state index contributed by atoms with van der Waals surface area (Å²) in [6.45, 7) is -0.731. The molecular formula is C9H11Br2NO4S. The van der Waals surface area contributed by atoms with Crippen LogP contribution in [0.5, 0.6) is 0 Å². The van der Waals surface area contributed by atoms with E-state index in [2.05, 4.69) is 36.6 Å². The summed E-state index contributed by atoms with van der Waals surface area (Å²) >= 11 is 6.36. The van der Waals surface area contributed by atoms with Gasteiger partial charge in [-0.1, -0.05) is 15.9 Å². The highest BCUT2D eigenvalue weighted by Crippen LogP contribution is 2.25. The molecule has 1 rings (SSSR count). The molecule has 0 saturated carbocycles. The van der Waals surface area contributed by atoms with Crippen molar-refractivity contribution in [3.8, 4) is 0 Å². The van der Waals surface area contributed by atoms with Gasteiger partial charge in [-0.15, -0.1) is 0 Å². The van der Waals surface area contributed by atoms with Crippen LogP contribution < -0.4 is 4.72 Å². The fraction of sp³-hybridized carbons (Fsp3) is 0.333. The molecule has 1 atom stereocenters. The quantitative estimate of drug-likeness (QED) is 0.697. The minimum Gasteiger partial charge on any atom is -0.394 e. The van der Waals surface area contributed by atoms with Crippen molar-refractivity contribution < 1.29 is 18.6 Å². The maximum Gasteiger partial charge on any atom is 0.241 e. The fourth-order valence-corrected chi connectivity index (χ4v) is 3.86. The highest BCUT2D eigenvalue weighted by molar-refractivity contribution is 9.11. The first-order valence-corrected chi connectivity index (χ1v) is 7.67. The molecule has 96 valence electrons. The van der Waals surface area contributed by atoms with Gasteiger partial charge in [0, 0.05) is 15.5 Å². The van der Waals surface area contributed by atoms with Gasteiger partial charge < -0.3 is 10.2 Å². The van der Waals surface area contributed by atoms with Crippen molar-refractivity contribution in [1.82, 2.24) is 4.72 Å². The normalized spacial score (nSPS) is 13.6. The van der Waals surface area contributed by atoms with Crippen LogP contribution in [-0.2, 0) is 10.0 Å². The van der Waals surface area contributed by atoms with E-state index < -0.39 is 22.7 Å². The Morgan fingerprint density at radius 1 is 1.35 bits per heavy atom. The van der Waals surface area contributed by atoms with Gasteiger partial charge in [0.1, 0.15) is 0 Å². The van der Waals surface area contributed by atoms with Crippen LogP contribution in [0.15, 0.2) is 32.0 Å². The van der Waals surface area contributed by atoms with Crippen molar-refractivity contribution in [2.24, 2.45) is 0 Å². The molecule has 0 spiro atoms. The molecule has 0 fully saturated rings. The van der Waals surface area contributed by atoms with Gasteiger partial charge in [-0.2, -0.15) is 0 Å². The van der Waals surface area contributed by atoms with Crippen LogP contribution in [0.1, 0.15) is 0 Å². The molecule has 17 heavy (non-hydrogen) atoms. The summed E-state index contributed by atoms with van der Waals surface area (Å²) in [7, 11) is -3.70. The van der Waals surface area contributed by atoms with Gasteiger partial charge in [0.15, 0.2) is 0 Å². The Morgan fingerprint density at radius 3 is 2.53 bits per heavy atom. The predicted octanol–water partition coefficient (Wildman–Crippen LogP) is 0.843. The molecule has 8 heteroatoms. The molecule has 1 aromatic rings. The molecule has 5 nitrogen and oxygen atoms in total. The largest absolute Gasteiger partial charge is 0.394 e. The lowest BCUT2D eigenvalue weighted by Crippen LogP contribution is -2.34. The van der Waals surface area contributed by atoms with Gasteiger partial charge in [0.2, 0.25) is 10.0 Å². The van der Waals surface area contributed by atoms with E-state index in [0.29, 0.717) is 4.47 Å². The van der Waals surface area contributed by atoms with E-state index >= 15 is 0 Å². The lowest BCUT2D eigenvalue weighted by molar-refractivity contribution is 0.0988. The van der Waals surface area contributed by atoms with E-state index in [0.717, 1.165) is 4.47 Å². The van der Waals surface area contributed by atoms with Gasteiger partial charge in [0.25, 0.3) is 0 Å². The Balaban J connectivity index is 2.90. The molecule has 0 bridgehead atoms. The molecule has 0 aliphatic carbocycles. The van der Waals surface area contributed by atoms with E-state index in [4.69, 9.17) is 10.2 Å². The Kier molecular flexibility index (Phi) is 5.55. The van der Waals surface area contributed by atoms with E-state index in [1.807, 2.05) is 0 Å². The molecule has 0 aromatic heterocycles. The van der Waals surface area contributed by atoms with Crippen molar-refractivity contribution in [3.63, 3.8) is 0 Å². The summed E-state index contributed by atoms with van der Waals surface area (Å²) in [5.74, 6) is 0. The lowest BCUT2D eigenvalue weighted by atomic mass is 10.4. The van der Waals surface area contributed by atoms with Gasteiger partial charge in [-0.3, -0.25) is 0 Å². The van der Waals surface area contributed by atoms with Crippen LogP contribution >= 0.6 is 31.9 Å². The highest BCUT2D eigenvalue weighted by atomic mass is 79.9. The first-order chi connectivity index (χ1) is 7.86. The molecule has 0 aliphatic rings. The molecular weight excluding hydrogens is 378 g/mol. The van der Waals surface area contributed by atoms with Crippen LogP contribution in [-0.4, -0.2) is 37.9 Å². The standard InChI is InChI=1S/C9H11Br2NO4S/c10-6-1-2-9(8(11)3-6)17(15,16)12-4-7(14)5-13/h1-3,7,12-14H,4-5H2. The van der Waals surface area contributed by atoms with Gasteiger partial charge >= 0.3 is 0 Å². The van der Waals surface area contributed by atoms with Crippen molar-refractivity contribution >= 4 is 41.9 Å². The molecule has 0 heterocycles. The summed E-state index contributed by atoms with van der Waals surface area (Å²) in [6, 6.07) is 4.64. The molecule has 0 aliphatic heterocycles. The maximum atomic E-state index is 11.8. The minimum atomic E-state index is -3.70. The second-order valence-electron chi connectivity index (χ2n) is 3.26. The summed E-state index contributed by atoms with van der Waals surface area (Å²) < 4.78 is 27.0. The van der Waals surface area contributed by atoms with Crippen molar-refractivity contribution in [3.05, 3.63) is 27.1 Å². The van der Waals surface area contributed by atoms with Crippen LogP contribution in [0.25, 0.3) is 0 Å². The van der Waals surface area contributed by atoms with E-state index in [9.17, 15) is 8.42 Å². The van der Waals surface area contributed by atoms with Crippen molar-refractivity contribution in [1.29, 1.82) is 0 Å². The average Bonchev–Trinajstić information content (AvgIpc) is 2.25. The number of hydrogen-bond acceptors (Lipinski definition) is 4. The number of hydrogen-bond donors (Lipinski definition) is 3. The third-order valence-electron chi connectivity index (χ3n) is 1.90.